The zero-order chi connectivity index (χ0) is 12.8. The second-order valence-corrected chi connectivity index (χ2v) is 3.42. The van der Waals surface area contributed by atoms with Gasteiger partial charge in [-0.25, -0.2) is 9.59 Å². The van der Waals surface area contributed by atoms with Gasteiger partial charge in [-0.2, -0.15) is 0 Å². The standard InChI is InChI=1S/C10H13N3O4/c1-6-2-7(4-11-3-6)12-10(17)13-8(5-14)9(15)16/h2-4,8,14H,5H2,1H3,(H,15,16)(H2,12,13,17)/t8-/m1/s1. The zero-order valence-electron chi connectivity index (χ0n) is 9.17. The van der Waals surface area contributed by atoms with Crippen molar-refractivity contribution in [2.24, 2.45) is 0 Å². The van der Waals surface area contributed by atoms with Gasteiger partial charge in [-0.15, -0.1) is 0 Å². The molecule has 1 aromatic heterocycles. The van der Waals surface area contributed by atoms with E-state index in [0.717, 1.165) is 5.56 Å². The lowest BCUT2D eigenvalue weighted by atomic mass is 10.3. The first-order chi connectivity index (χ1) is 8.02. The Hall–Kier alpha value is -2.15. The highest BCUT2D eigenvalue weighted by molar-refractivity contribution is 5.92. The summed E-state index contributed by atoms with van der Waals surface area (Å²) in [4.78, 5) is 25.8. The van der Waals surface area contributed by atoms with Crippen LogP contribution in [0.15, 0.2) is 18.5 Å². The van der Waals surface area contributed by atoms with Crippen LogP contribution >= 0.6 is 0 Å². The third kappa shape index (κ3) is 4.07. The quantitative estimate of drug-likeness (QED) is 0.589. The lowest BCUT2D eigenvalue weighted by Gasteiger charge is -2.12. The normalized spacial score (nSPS) is 11.6. The lowest BCUT2D eigenvalue weighted by molar-refractivity contribution is -0.140. The summed E-state index contributed by atoms with van der Waals surface area (Å²) in [5.41, 5.74) is 1.31. The Labute approximate surface area is 97.5 Å². The fraction of sp³-hybridized carbons (Fsp3) is 0.300. The molecule has 0 unspecified atom stereocenters. The number of aliphatic carboxylic acids is 1. The summed E-state index contributed by atoms with van der Waals surface area (Å²) in [5.74, 6) is -1.30. The number of urea groups is 1. The fourth-order valence-electron chi connectivity index (χ4n) is 1.13. The van der Waals surface area contributed by atoms with E-state index >= 15 is 0 Å². The van der Waals surface area contributed by atoms with Crippen molar-refractivity contribution in [3.8, 4) is 0 Å². The third-order valence-electron chi connectivity index (χ3n) is 1.92. The molecular formula is C10H13N3O4. The first-order valence-electron chi connectivity index (χ1n) is 4.85. The van der Waals surface area contributed by atoms with Gasteiger partial charge in [-0.05, 0) is 18.6 Å². The van der Waals surface area contributed by atoms with Gasteiger partial charge in [0.05, 0.1) is 18.5 Å². The Bertz CT molecular complexity index is 422. The van der Waals surface area contributed by atoms with Gasteiger partial charge in [-0.3, -0.25) is 4.98 Å². The lowest BCUT2D eigenvalue weighted by Crippen LogP contribution is -2.45. The van der Waals surface area contributed by atoms with Crippen LogP contribution in [0.25, 0.3) is 0 Å². The molecule has 17 heavy (non-hydrogen) atoms. The number of hydrogen-bond acceptors (Lipinski definition) is 4. The summed E-state index contributed by atoms with van der Waals surface area (Å²) in [6, 6.07) is -0.354. The van der Waals surface area contributed by atoms with Crippen molar-refractivity contribution in [1.82, 2.24) is 10.3 Å². The fourth-order valence-corrected chi connectivity index (χ4v) is 1.13. The summed E-state index contributed by atoms with van der Waals surface area (Å²) in [5, 5.41) is 21.9. The number of carboxylic acids is 1. The average Bonchev–Trinajstić information content (AvgIpc) is 2.25. The predicted molar refractivity (Wildman–Crippen MR) is 59.6 cm³/mol. The van der Waals surface area contributed by atoms with Crippen LogP contribution in [0.2, 0.25) is 0 Å². The van der Waals surface area contributed by atoms with E-state index in [1.165, 1.54) is 6.20 Å². The van der Waals surface area contributed by atoms with Crippen LogP contribution in [0.3, 0.4) is 0 Å². The summed E-state index contributed by atoms with van der Waals surface area (Å²) in [6.45, 7) is 1.14. The largest absolute Gasteiger partial charge is 0.480 e. The minimum absolute atomic E-state index is 0.449. The zero-order valence-corrected chi connectivity index (χ0v) is 9.17. The van der Waals surface area contributed by atoms with E-state index in [0.29, 0.717) is 5.69 Å². The number of carboxylic acid groups (broad SMARTS) is 1. The number of aliphatic hydroxyl groups is 1. The molecule has 0 saturated heterocycles. The predicted octanol–water partition coefficient (Wildman–Crippen LogP) is -0.0430. The second-order valence-electron chi connectivity index (χ2n) is 3.42. The van der Waals surface area contributed by atoms with Gasteiger partial charge < -0.3 is 20.8 Å². The number of carbonyl (C=O) groups excluding carboxylic acids is 1. The number of carbonyl (C=O) groups is 2. The molecule has 7 nitrogen and oxygen atoms in total. The first kappa shape index (κ1) is 12.9. The number of rotatable bonds is 4. The molecule has 0 fully saturated rings. The summed E-state index contributed by atoms with van der Waals surface area (Å²) in [7, 11) is 0. The van der Waals surface area contributed by atoms with E-state index < -0.39 is 24.6 Å². The van der Waals surface area contributed by atoms with E-state index in [4.69, 9.17) is 10.2 Å². The van der Waals surface area contributed by atoms with E-state index in [1.807, 2.05) is 6.92 Å². The number of amides is 2. The van der Waals surface area contributed by atoms with Crippen molar-refractivity contribution in [3.63, 3.8) is 0 Å². The Morgan fingerprint density at radius 3 is 2.71 bits per heavy atom. The molecule has 92 valence electrons. The summed E-state index contributed by atoms with van der Waals surface area (Å²) in [6.07, 6.45) is 3.05. The molecule has 0 saturated carbocycles. The highest BCUT2D eigenvalue weighted by Crippen LogP contribution is 2.06. The highest BCUT2D eigenvalue weighted by atomic mass is 16.4. The van der Waals surface area contributed by atoms with E-state index in [1.54, 1.807) is 12.3 Å². The van der Waals surface area contributed by atoms with Gasteiger partial charge in [-0.1, -0.05) is 0 Å². The van der Waals surface area contributed by atoms with Crippen molar-refractivity contribution < 1.29 is 19.8 Å². The number of aryl methyl sites for hydroxylation is 1. The van der Waals surface area contributed by atoms with Crippen molar-refractivity contribution in [2.45, 2.75) is 13.0 Å². The molecule has 1 atom stereocenters. The van der Waals surface area contributed by atoms with Gasteiger partial charge in [0, 0.05) is 6.20 Å². The minimum Gasteiger partial charge on any atom is -0.480 e. The van der Waals surface area contributed by atoms with Crippen LogP contribution in [-0.2, 0) is 4.79 Å². The molecule has 1 aromatic rings. The maximum Gasteiger partial charge on any atom is 0.328 e. The topological polar surface area (TPSA) is 112 Å². The van der Waals surface area contributed by atoms with Crippen molar-refractivity contribution in [1.29, 1.82) is 0 Å². The molecule has 7 heteroatoms. The molecule has 0 aliphatic heterocycles. The van der Waals surface area contributed by atoms with E-state index in [-0.39, 0.29) is 0 Å². The van der Waals surface area contributed by atoms with E-state index in [9.17, 15) is 9.59 Å². The molecule has 1 heterocycles. The number of nitrogens with zero attached hydrogens (tertiary/aromatic N) is 1. The average molecular weight is 239 g/mol. The van der Waals surface area contributed by atoms with Crippen molar-refractivity contribution in [2.75, 3.05) is 11.9 Å². The minimum atomic E-state index is -1.33. The molecule has 1 rings (SSSR count). The molecule has 0 aliphatic carbocycles. The van der Waals surface area contributed by atoms with Crippen LogP contribution < -0.4 is 10.6 Å². The van der Waals surface area contributed by atoms with Crippen LogP contribution in [0.4, 0.5) is 10.5 Å². The number of aliphatic hydroxyl groups excluding tert-OH is 1. The van der Waals surface area contributed by atoms with Gasteiger partial charge in [0.1, 0.15) is 0 Å². The first-order valence-corrected chi connectivity index (χ1v) is 4.85. The summed E-state index contributed by atoms with van der Waals surface area (Å²) < 4.78 is 0. The molecule has 0 bridgehead atoms. The van der Waals surface area contributed by atoms with Crippen molar-refractivity contribution >= 4 is 17.7 Å². The number of pyridine rings is 1. The Balaban J connectivity index is 2.58. The van der Waals surface area contributed by atoms with Gasteiger partial charge >= 0.3 is 12.0 Å². The SMILES string of the molecule is Cc1cncc(NC(=O)N[C@H](CO)C(=O)O)c1. The van der Waals surface area contributed by atoms with Gasteiger partial charge in [0.15, 0.2) is 6.04 Å². The molecule has 4 N–H and O–H groups in total. The smallest absolute Gasteiger partial charge is 0.328 e. The molecule has 0 radical (unpaired) electrons. The monoisotopic (exact) mass is 239 g/mol. The third-order valence-corrected chi connectivity index (χ3v) is 1.92. The van der Waals surface area contributed by atoms with Gasteiger partial charge in [0.25, 0.3) is 0 Å². The molecule has 2 amide bonds. The Morgan fingerprint density at radius 1 is 1.47 bits per heavy atom. The van der Waals surface area contributed by atoms with E-state index in [2.05, 4.69) is 15.6 Å². The van der Waals surface area contributed by atoms with Crippen LogP contribution in [-0.4, -0.2) is 39.8 Å². The number of hydrogen-bond donors (Lipinski definition) is 4. The molecule has 0 aromatic carbocycles. The van der Waals surface area contributed by atoms with Crippen LogP contribution in [0.1, 0.15) is 5.56 Å². The second kappa shape index (κ2) is 5.80. The number of nitrogens with one attached hydrogen (secondary N) is 2. The Morgan fingerprint density at radius 2 is 2.18 bits per heavy atom. The Kier molecular flexibility index (Phi) is 4.41. The number of anilines is 1. The highest BCUT2D eigenvalue weighted by Gasteiger charge is 2.18. The molecule has 0 spiro atoms. The van der Waals surface area contributed by atoms with Crippen LogP contribution in [0, 0.1) is 6.92 Å². The maximum atomic E-state index is 11.4. The maximum absolute atomic E-state index is 11.4. The van der Waals surface area contributed by atoms with Crippen LogP contribution in [0.5, 0.6) is 0 Å². The molecule has 0 aliphatic rings. The number of aromatic nitrogens is 1. The summed E-state index contributed by atoms with van der Waals surface area (Å²) >= 11 is 0. The van der Waals surface area contributed by atoms with Gasteiger partial charge in [0.2, 0.25) is 0 Å². The van der Waals surface area contributed by atoms with Crippen molar-refractivity contribution in [3.05, 3.63) is 24.0 Å². The molecular weight excluding hydrogens is 226 g/mol.